The van der Waals surface area contributed by atoms with Crippen LogP contribution in [-0.4, -0.2) is 11.3 Å². The summed E-state index contributed by atoms with van der Waals surface area (Å²) in [6.45, 7) is 0. The minimum atomic E-state index is 0.214. The van der Waals surface area contributed by atoms with Gasteiger partial charge < -0.3 is 0 Å². The number of aldehydes is 1. The Kier molecular flexibility index (Phi) is 4.33. The number of benzene rings is 1. The van der Waals surface area contributed by atoms with Crippen LogP contribution in [0.5, 0.6) is 0 Å². The van der Waals surface area contributed by atoms with Crippen LogP contribution in [0.3, 0.4) is 0 Å². The maximum Gasteiger partial charge on any atom is 0.163 e. The van der Waals surface area contributed by atoms with E-state index >= 15 is 0 Å². The molecule has 0 saturated heterocycles. The lowest BCUT2D eigenvalue weighted by Crippen LogP contribution is -1.75. The highest BCUT2D eigenvalue weighted by atomic mass is 35.5. The van der Waals surface area contributed by atoms with E-state index in [0.29, 0.717) is 25.5 Å². The number of rotatable bonds is 3. The molecule has 0 bridgehead atoms. The molecule has 0 radical (unpaired) electrons. The van der Waals surface area contributed by atoms with Gasteiger partial charge in [-0.1, -0.05) is 46.6 Å². The van der Waals surface area contributed by atoms with E-state index in [2.05, 4.69) is 4.98 Å². The minimum absolute atomic E-state index is 0.214. The molecular weight excluding hydrogens is 321 g/mol. The molecule has 0 saturated carbocycles. The first-order valence-corrected chi connectivity index (χ1v) is 7.11. The third-order valence-corrected chi connectivity index (χ3v) is 4.96. The fraction of sp³-hybridized carbons (Fsp3) is 0. The highest BCUT2D eigenvalue weighted by molar-refractivity contribution is 8.01. The van der Waals surface area contributed by atoms with Gasteiger partial charge in [0.25, 0.3) is 0 Å². The molecular formula is C10H4Cl3NOS2. The fourth-order valence-corrected chi connectivity index (χ4v) is 3.76. The molecule has 0 aliphatic heterocycles. The Morgan fingerprint density at radius 1 is 1.29 bits per heavy atom. The van der Waals surface area contributed by atoms with Crippen LogP contribution >= 0.6 is 57.9 Å². The third-order valence-electron chi connectivity index (χ3n) is 1.79. The van der Waals surface area contributed by atoms with Gasteiger partial charge in [0.2, 0.25) is 0 Å². The number of halogens is 3. The predicted octanol–water partition coefficient (Wildman–Crippen LogP) is 5.07. The molecule has 1 aromatic carbocycles. The molecule has 0 atom stereocenters. The average molecular weight is 325 g/mol. The first kappa shape index (κ1) is 13.2. The molecule has 0 amide bonds. The Morgan fingerprint density at radius 3 is 2.71 bits per heavy atom. The summed E-state index contributed by atoms with van der Waals surface area (Å²) in [6.07, 6.45) is 0.684. The van der Waals surface area contributed by atoms with E-state index in [1.807, 2.05) is 0 Å². The third kappa shape index (κ3) is 3.14. The lowest BCUT2D eigenvalue weighted by Gasteiger charge is -2.01. The summed E-state index contributed by atoms with van der Waals surface area (Å²) in [6, 6.07) is 5.16. The maximum absolute atomic E-state index is 10.6. The van der Waals surface area contributed by atoms with Crippen molar-refractivity contribution in [2.75, 3.05) is 0 Å². The van der Waals surface area contributed by atoms with Gasteiger partial charge in [0.15, 0.2) is 15.8 Å². The van der Waals surface area contributed by atoms with Gasteiger partial charge in [0.05, 0.1) is 5.02 Å². The number of aromatic nitrogens is 1. The van der Waals surface area contributed by atoms with E-state index < -0.39 is 0 Å². The van der Waals surface area contributed by atoms with Crippen LogP contribution in [0.25, 0.3) is 0 Å². The average Bonchev–Trinajstić information content (AvgIpc) is 2.64. The van der Waals surface area contributed by atoms with Crippen molar-refractivity contribution in [2.45, 2.75) is 9.24 Å². The van der Waals surface area contributed by atoms with E-state index in [0.717, 1.165) is 4.90 Å². The molecule has 1 aromatic heterocycles. The molecule has 88 valence electrons. The van der Waals surface area contributed by atoms with E-state index in [1.165, 1.54) is 23.1 Å². The molecule has 17 heavy (non-hydrogen) atoms. The second kappa shape index (κ2) is 5.59. The molecule has 0 fully saturated rings. The molecule has 2 nitrogen and oxygen atoms in total. The van der Waals surface area contributed by atoms with Gasteiger partial charge in [-0.25, -0.2) is 4.98 Å². The number of carbonyl (C=O) groups is 1. The molecule has 7 heteroatoms. The summed E-state index contributed by atoms with van der Waals surface area (Å²) in [4.78, 5) is 15.9. The topological polar surface area (TPSA) is 30.0 Å². The summed E-state index contributed by atoms with van der Waals surface area (Å²) < 4.78 is 0.654. The summed E-state index contributed by atoms with van der Waals surface area (Å²) in [5.74, 6) is 0. The summed E-state index contributed by atoms with van der Waals surface area (Å²) in [7, 11) is 0. The monoisotopic (exact) mass is 323 g/mol. The second-order valence-corrected chi connectivity index (χ2v) is 6.45. The summed E-state index contributed by atoms with van der Waals surface area (Å²) in [5.41, 5.74) is 0. The highest BCUT2D eigenvalue weighted by Gasteiger charge is 2.11. The molecule has 0 unspecified atom stereocenters. The van der Waals surface area contributed by atoms with Crippen LogP contribution in [0.2, 0.25) is 15.2 Å². The lowest BCUT2D eigenvalue weighted by molar-refractivity contribution is 0.112. The van der Waals surface area contributed by atoms with Crippen molar-refractivity contribution in [3.05, 3.63) is 38.3 Å². The SMILES string of the molecule is O=Cc1sc(Sc2cc(Cl)ccc2Cl)nc1Cl. The van der Waals surface area contributed by atoms with E-state index in [9.17, 15) is 4.79 Å². The minimum Gasteiger partial charge on any atom is -0.297 e. The van der Waals surface area contributed by atoms with Gasteiger partial charge >= 0.3 is 0 Å². The molecule has 1 heterocycles. The van der Waals surface area contributed by atoms with E-state index in [-0.39, 0.29) is 5.15 Å². The first-order chi connectivity index (χ1) is 8.10. The summed E-state index contributed by atoms with van der Waals surface area (Å²) in [5, 5.41) is 1.39. The zero-order chi connectivity index (χ0) is 12.4. The van der Waals surface area contributed by atoms with Crippen molar-refractivity contribution in [1.29, 1.82) is 0 Å². The van der Waals surface area contributed by atoms with Gasteiger partial charge in [-0.3, -0.25) is 4.79 Å². The maximum atomic E-state index is 10.6. The van der Waals surface area contributed by atoms with Crippen LogP contribution in [0.4, 0.5) is 0 Å². The lowest BCUT2D eigenvalue weighted by atomic mass is 10.4. The van der Waals surface area contributed by atoms with Crippen LogP contribution in [0.15, 0.2) is 27.4 Å². The quantitative estimate of drug-likeness (QED) is 0.739. The predicted molar refractivity (Wildman–Crippen MR) is 73.1 cm³/mol. The van der Waals surface area contributed by atoms with E-state index in [4.69, 9.17) is 34.8 Å². The Labute approximate surface area is 121 Å². The first-order valence-electron chi connectivity index (χ1n) is 4.34. The second-order valence-electron chi connectivity index (χ2n) is 2.93. The molecule has 0 N–H and O–H groups in total. The Bertz CT molecular complexity index is 571. The van der Waals surface area contributed by atoms with Crippen LogP contribution in [0, 0.1) is 0 Å². The number of hydrogen-bond donors (Lipinski definition) is 0. The van der Waals surface area contributed by atoms with Crippen molar-refractivity contribution >= 4 is 64.2 Å². The normalized spacial score (nSPS) is 10.5. The molecule has 0 aliphatic carbocycles. The smallest absolute Gasteiger partial charge is 0.163 e. The van der Waals surface area contributed by atoms with Gasteiger partial charge in [0, 0.05) is 9.92 Å². The zero-order valence-electron chi connectivity index (χ0n) is 8.12. The fourth-order valence-electron chi connectivity index (χ4n) is 1.06. The molecule has 0 spiro atoms. The highest BCUT2D eigenvalue weighted by Crippen LogP contribution is 2.38. The zero-order valence-corrected chi connectivity index (χ0v) is 12.0. The number of nitrogens with zero attached hydrogens (tertiary/aromatic N) is 1. The summed E-state index contributed by atoms with van der Waals surface area (Å²) >= 11 is 20.2. The van der Waals surface area contributed by atoms with Crippen molar-refractivity contribution in [3.8, 4) is 0 Å². The van der Waals surface area contributed by atoms with Crippen LogP contribution in [-0.2, 0) is 0 Å². The van der Waals surface area contributed by atoms with Gasteiger partial charge in [0.1, 0.15) is 4.88 Å². The van der Waals surface area contributed by atoms with Crippen LogP contribution in [0.1, 0.15) is 9.67 Å². The molecule has 2 rings (SSSR count). The number of hydrogen-bond acceptors (Lipinski definition) is 4. The van der Waals surface area contributed by atoms with Gasteiger partial charge in [-0.2, -0.15) is 0 Å². The van der Waals surface area contributed by atoms with E-state index in [1.54, 1.807) is 18.2 Å². The number of thiazole rings is 1. The van der Waals surface area contributed by atoms with Crippen LogP contribution < -0.4 is 0 Å². The Hall–Kier alpha value is -0.260. The largest absolute Gasteiger partial charge is 0.297 e. The van der Waals surface area contributed by atoms with Crippen molar-refractivity contribution < 1.29 is 4.79 Å². The van der Waals surface area contributed by atoms with Gasteiger partial charge in [-0.05, 0) is 18.2 Å². The molecule has 0 aliphatic rings. The van der Waals surface area contributed by atoms with Gasteiger partial charge in [-0.15, -0.1) is 11.3 Å². The Morgan fingerprint density at radius 2 is 2.06 bits per heavy atom. The number of carbonyl (C=O) groups excluding carboxylic acids is 1. The Balaban J connectivity index is 2.30. The molecule has 2 aromatic rings. The van der Waals surface area contributed by atoms with Crippen molar-refractivity contribution in [2.24, 2.45) is 0 Å². The standard InChI is InChI=1S/C10H4Cl3NOS2/c11-5-1-2-6(12)7(3-5)16-10-14-9(13)8(4-15)17-10/h1-4H. The van der Waals surface area contributed by atoms with Crippen molar-refractivity contribution in [1.82, 2.24) is 4.98 Å². The van der Waals surface area contributed by atoms with Crippen molar-refractivity contribution in [3.63, 3.8) is 0 Å².